The maximum atomic E-state index is 6.75. The number of anilines is 3. The molecular weight excluding hydrogens is 675 g/mol. The lowest BCUT2D eigenvalue weighted by molar-refractivity contribution is 0.482. The zero-order chi connectivity index (χ0) is 36.3. The Morgan fingerprint density at radius 1 is 0.436 bits per heavy atom. The van der Waals surface area contributed by atoms with Crippen LogP contribution in [0.15, 0.2) is 192 Å². The average molecular weight is 706 g/mol. The van der Waals surface area contributed by atoms with Crippen molar-refractivity contribution in [3.05, 3.63) is 188 Å². The van der Waals surface area contributed by atoms with Crippen LogP contribution >= 0.6 is 0 Å². The van der Waals surface area contributed by atoms with Crippen LogP contribution in [0, 0.1) is 0 Å². The molecule has 8 aromatic carbocycles. The van der Waals surface area contributed by atoms with Gasteiger partial charge in [-0.3, -0.25) is 0 Å². The molecule has 0 bridgehead atoms. The van der Waals surface area contributed by atoms with E-state index in [1.807, 2.05) is 60.7 Å². The summed E-state index contributed by atoms with van der Waals surface area (Å²) in [6.45, 7) is 0. The molecule has 0 radical (unpaired) electrons. The van der Waals surface area contributed by atoms with Crippen molar-refractivity contribution in [1.29, 1.82) is 0 Å². The number of furan rings is 1. The molecule has 0 aliphatic carbocycles. The van der Waals surface area contributed by atoms with E-state index >= 15 is 0 Å². The van der Waals surface area contributed by atoms with Crippen molar-refractivity contribution < 1.29 is 9.15 Å². The molecule has 258 valence electrons. The maximum Gasteiger partial charge on any atom is 0.163 e. The van der Waals surface area contributed by atoms with Crippen LogP contribution in [0.1, 0.15) is 0 Å². The fourth-order valence-electron chi connectivity index (χ4n) is 7.87. The van der Waals surface area contributed by atoms with Gasteiger partial charge in [-0.15, -0.1) is 0 Å². The minimum absolute atomic E-state index is 0.683. The smallest absolute Gasteiger partial charge is 0.163 e. The van der Waals surface area contributed by atoms with E-state index < -0.39 is 0 Å². The zero-order valence-corrected chi connectivity index (χ0v) is 29.6. The molecular formula is C50H31N3O2. The first-order valence-electron chi connectivity index (χ1n) is 18.4. The standard InChI is InChI=1S/C50H31N3O2/c1-3-14-33(15-4-1)41-31-42(34-16-5-2-6-17-34)52-50(51-41)36-19-13-18-35(30-36)32-26-28-37(29-27-32)53-43-23-10-12-25-45(43)55-48-39-21-8-7-20-38(39)46-40-22-9-11-24-44(40)54-49(46)47(48)53/h1-31H. The Bertz CT molecular complexity index is 3010. The molecule has 0 saturated heterocycles. The molecule has 3 heterocycles. The van der Waals surface area contributed by atoms with Crippen molar-refractivity contribution in [3.63, 3.8) is 0 Å². The Kier molecular flexibility index (Phi) is 7.10. The Labute approximate surface area is 317 Å². The van der Waals surface area contributed by atoms with E-state index in [9.17, 15) is 0 Å². The molecule has 0 unspecified atom stereocenters. The summed E-state index contributed by atoms with van der Waals surface area (Å²) in [7, 11) is 0. The molecule has 0 saturated carbocycles. The average Bonchev–Trinajstić information content (AvgIpc) is 3.66. The number of hydrogen-bond acceptors (Lipinski definition) is 5. The second-order valence-electron chi connectivity index (χ2n) is 13.8. The summed E-state index contributed by atoms with van der Waals surface area (Å²) in [6.07, 6.45) is 0. The minimum Gasteiger partial charge on any atom is -0.454 e. The van der Waals surface area contributed by atoms with Gasteiger partial charge in [-0.1, -0.05) is 146 Å². The molecule has 1 aliphatic heterocycles. The Morgan fingerprint density at radius 3 is 1.78 bits per heavy atom. The topological polar surface area (TPSA) is 51.4 Å². The number of nitrogens with zero attached hydrogens (tertiary/aromatic N) is 3. The number of fused-ring (bicyclic) bond motifs is 9. The third-order valence-electron chi connectivity index (χ3n) is 10.5. The molecule has 1 aliphatic rings. The molecule has 0 fully saturated rings. The van der Waals surface area contributed by atoms with Gasteiger partial charge in [0.15, 0.2) is 22.9 Å². The van der Waals surface area contributed by atoms with Gasteiger partial charge in [0.2, 0.25) is 0 Å². The predicted octanol–water partition coefficient (Wildman–Crippen LogP) is 13.8. The predicted molar refractivity (Wildman–Crippen MR) is 223 cm³/mol. The van der Waals surface area contributed by atoms with E-state index in [1.165, 1.54) is 0 Å². The van der Waals surface area contributed by atoms with Crippen molar-refractivity contribution in [2.24, 2.45) is 0 Å². The molecule has 55 heavy (non-hydrogen) atoms. The van der Waals surface area contributed by atoms with Gasteiger partial charge in [-0.2, -0.15) is 0 Å². The van der Waals surface area contributed by atoms with Crippen molar-refractivity contribution in [2.45, 2.75) is 0 Å². The van der Waals surface area contributed by atoms with Crippen molar-refractivity contribution in [1.82, 2.24) is 9.97 Å². The fourth-order valence-corrected chi connectivity index (χ4v) is 7.87. The summed E-state index contributed by atoms with van der Waals surface area (Å²) in [5.41, 5.74) is 11.5. The van der Waals surface area contributed by atoms with E-state index in [-0.39, 0.29) is 0 Å². The van der Waals surface area contributed by atoms with E-state index in [1.54, 1.807) is 0 Å². The SMILES string of the molecule is c1ccc(-c2cc(-c3ccccc3)nc(-c3cccc(-c4ccc(N5c6ccccc6Oc6c5c5oc7ccccc7c5c5ccccc65)cc4)c3)n2)cc1. The molecule has 0 N–H and O–H groups in total. The summed E-state index contributed by atoms with van der Waals surface area (Å²) in [5.74, 6) is 2.26. The lowest BCUT2D eigenvalue weighted by Gasteiger charge is -2.33. The van der Waals surface area contributed by atoms with Crippen LogP contribution in [0.5, 0.6) is 11.5 Å². The highest BCUT2D eigenvalue weighted by atomic mass is 16.5. The molecule has 2 aromatic heterocycles. The molecule has 0 amide bonds. The normalized spacial score (nSPS) is 12.1. The summed E-state index contributed by atoms with van der Waals surface area (Å²) in [4.78, 5) is 12.4. The zero-order valence-electron chi connectivity index (χ0n) is 29.6. The third kappa shape index (κ3) is 5.17. The summed E-state index contributed by atoms with van der Waals surface area (Å²) >= 11 is 0. The van der Waals surface area contributed by atoms with Gasteiger partial charge in [-0.05, 0) is 59.0 Å². The summed E-state index contributed by atoms with van der Waals surface area (Å²) < 4.78 is 13.5. The number of para-hydroxylation sites is 3. The first-order valence-corrected chi connectivity index (χ1v) is 18.4. The molecule has 10 aromatic rings. The highest BCUT2D eigenvalue weighted by Gasteiger charge is 2.32. The van der Waals surface area contributed by atoms with Crippen LogP contribution in [0.25, 0.3) is 77.7 Å². The first-order chi connectivity index (χ1) is 27.3. The lowest BCUT2D eigenvalue weighted by Crippen LogP contribution is -2.16. The molecule has 0 atom stereocenters. The first kappa shape index (κ1) is 31.1. The summed E-state index contributed by atoms with van der Waals surface area (Å²) in [6, 6.07) is 64.7. The van der Waals surface area contributed by atoms with Gasteiger partial charge in [0.1, 0.15) is 11.3 Å². The van der Waals surface area contributed by atoms with E-state index in [2.05, 4.69) is 132 Å². The highest BCUT2D eigenvalue weighted by Crippen LogP contribution is 2.57. The summed E-state index contributed by atoms with van der Waals surface area (Å²) in [5, 5.41) is 4.31. The molecule has 5 nitrogen and oxygen atoms in total. The van der Waals surface area contributed by atoms with Crippen molar-refractivity contribution in [3.8, 4) is 56.5 Å². The van der Waals surface area contributed by atoms with Crippen molar-refractivity contribution in [2.75, 3.05) is 4.90 Å². The van der Waals surface area contributed by atoms with Crippen LogP contribution in [-0.4, -0.2) is 9.97 Å². The number of ether oxygens (including phenoxy) is 1. The number of benzene rings is 8. The van der Waals surface area contributed by atoms with Gasteiger partial charge in [0.25, 0.3) is 0 Å². The number of rotatable bonds is 5. The Hall–Kier alpha value is -7.50. The third-order valence-corrected chi connectivity index (χ3v) is 10.5. The van der Waals surface area contributed by atoms with Crippen molar-refractivity contribution >= 4 is 49.8 Å². The Balaban J connectivity index is 1.03. The maximum absolute atomic E-state index is 6.75. The van der Waals surface area contributed by atoms with Gasteiger partial charge in [0, 0.05) is 38.5 Å². The lowest BCUT2D eigenvalue weighted by atomic mass is 9.98. The number of hydrogen-bond donors (Lipinski definition) is 0. The largest absolute Gasteiger partial charge is 0.454 e. The molecule has 0 spiro atoms. The second-order valence-corrected chi connectivity index (χ2v) is 13.8. The van der Waals surface area contributed by atoms with E-state index in [4.69, 9.17) is 19.1 Å². The minimum atomic E-state index is 0.683. The van der Waals surface area contributed by atoms with E-state index in [0.29, 0.717) is 5.82 Å². The highest BCUT2D eigenvalue weighted by molar-refractivity contribution is 6.25. The van der Waals surface area contributed by atoms with Crippen LogP contribution in [-0.2, 0) is 0 Å². The fraction of sp³-hybridized carbons (Fsp3) is 0. The quantitative estimate of drug-likeness (QED) is 0.178. The Morgan fingerprint density at radius 2 is 1.04 bits per heavy atom. The van der Waals surface area contributed by atoms with Gasteiger partial charge in [0.05, 0.1) is 17.1 Å². The monoisotopic (exact) mass is 705 g/mol. The van der Waals surface area contributed by atoms with Crippen LogP contribution < -0.4 is 9.64 Å². The van der Waals surface area contributed by atoms with Crippen LogP contribution in [0.3, 0.4) is 0 Å². The van der Waals surface area contributed by atoms with E-state index in [0.717, 1.165) is 100 Å². The van der Waals surface area contributed by atoms with Gasteiger partial charge < -0.3 is 14.1 Å². The van der Waals surface area contributed by atoms with Crippen LogP contribution in [0.2, 0.25) is 0 Å². The molecule has 11 rings (SSSR count). The number of aromatic nitrogens is 2. The van der Waals surface area contributed by atoms with Gasteiger partial charge >= 0.3 is 0 Å². The molecule has 5 heteroatoms. The van der Waals surface area contributed by atoms with Gasteiger partial charge in [-0.25, -0.2) is 9.97 Å². The second kappa shape index (κ2) is 12.6. The van der Waals surface area contributed by atoms with Crippen LogP contribution in [0.4, 0.5) is 17.1 Å².